The maximum Gasteiger partial charge on any atom is 0.306 e. The number of phenols is 1. The Balaban J connectivity index is 2.03. The van der Waals surface area contributed by atoms with Gasteiger partial charge in [0.05, 0.1) is 17.5 Å². The molecule has 1 amide bonds. The maximum absolute atomic E-state index is 14.1. The summed E-state index contributed by atoms with van der Waals surface area (Å²) >= 11 is 0. The summed E-state index contributed by atoms with van der Waals surface area (Å²) in [6.45, 7) is 2.04. The molecule has 0 heterocycles. The van der Waals surface area contributed by atoms with Crippen molar-refractivity contribution in [3.63, 3.8) is 0 Å². The summed E-state index contributed by atoms with van der Waals surface area (Å²) in [5.74, 6) is -9.78. The van der Waals surface area contributed by atoms with E-state index in [4.69, 9.17) is 16.2 Å². The lowest BCUT2D eigenvalue weighted by atomic mass is 9.54. The van der Waals surface area contributed by atoms with Crippen LogP contribution in [0.25, 0.3) is 5.76 Å². The second-order valence-corrected chi connectivity index (χ2v) is 10.5. The number of unbranched alkanes of at least 4 members (excludes halogenated alkanes) is 1. The van der Waals surface area contributed by atoms with Crippen LogP contribution in [0.1, 0.15) is 43.2 Å². The summed E-state index contributed by atoms with van der Waals surface area (Å²) in [4.78, 5) is 54.2. The molecule has 3 aliphatic carbocycles. The van der Waals surface area contributed by atoms with Crippen LogP contribution in [0.4, 0.5) is 0 Å². The number of nitrogens with zero attached hydrogens (tertiary/aromatic N) is 1. The zero-order chi connectivity index (χ0) is 29.0. The second kappa shape index (κ2) is 10.1. The standard InChI is InChI=1S/C27H33N3O9/c1-11-12-7-6-8-13(31)16(12)21(33)17-15(11)23(39-14(32)9-4-5-10-28)19-20(30(2)3)22(34)18(26(29)37)25(36)27(19,38)24(17)35/h6-8,11,15,19-20,23,31,33,36,38H,4-5,9-10,28H2,1-3H3,(H2,29,37). The number of nitrogens with two attached hydrogens (primary N) is 2. The first kappa shape index (κ1) is 28.3. The van der Waals surface area contributed by atoms with Gasteiger partial charge in [0.25, 0.3) is 5.91 Å². The first-order valence-electron chi connectivity index (χ1n) is 12.7. The number of primary amides is 1. The molecule has 0 aliphatic heterocycles. The topological polar surface area (TPSA) is 214 Å². The number of aliphatic hydroxyl groups excluding tert-OH is 2. The number of Topliss-reactive ketones (excluding diaryl/α,β-unsaturated/α-hetero) is 2. The number of esters is 1. The van der Waals surface area contributed by atoms with Gasteiger partial charge in [-0.15, -0.1) is 0 Å². The van der Waals surface area contributed by atoms with E-state index < -0.39 is 81.6 Å². The minimum absolute atomic E-state index is 0.0469. The summed E-state index contributed by atoms with van der Waals surface area (Å²) in [6, 6.07) is 3.08. The molecule has 0 spiro atoms. The van der Waals surface area contributed by atoms with Gasteiger partial charge in [-0.2, -0.15) is 0 Å². The Hall–Kier alpha value is -3.74. The van der Waals surface area contributed by atoms with E-state index in [1.807, 2.05) is 0 Å². The van der Waals surface area contributed by atoms with Crippen LogP contribution in [0.15, 0.2) is 35.1 Å². The highest BCUT2D eigenvalue weighted by atomic mass is 16.5. The van der Waals surface area contributed by atoms with Gasteiger partial charge < -0.3 is 36.6 Å². The van der Waals surface area contributed by atoms with Crippen molar-refractivity contribution in [2.45, 2.75) is 49.9 Å². The molecular weight excluding hydrogens is 510 g/mol. The normalized spacial score (nSPS) is 30.2. The molecule has 0 saturated heterocycles. The molecule has 12 nitrogen and oxygen atoms in total. The highest BCUT2D eigenvalue weighted by Crippen LogP contribution is 2.56. The van der Waals surface area contributed by atoms with Gasteiger partial charge in [-0.25, -0.2) is 0 Å². The minimum Gasteiger partial charge on any atom is -0.508 e. The summed E-state index contributed by atoms with van der Waals surface area (Å²) < 4.78 is 5.90. The third kappa shape index (κ3) is 4.10. The van der Waals surface area contributed by atoms with E-state index >= 15 is 0 Å². The van der Waals surface area contributed by atoms with E-state index in [9.17, 15) is 39.6 Å². The molecule has 1 saturated carbocycles. The Bertz CT molecular complexity index is 1320. The van der Waals surface area contributed by atoms with Crippen molar-refractivity contribution in [3.05, 3.63) is 46.2 Å². The number of amides is 1. The van der Waals surface area contributed by atoms with Crippen molar-refractivity contribution in [2.75, 3.05) is 20.6 Å². The average Bonchev–Trinajstić information content (AvgIpc) is 2.85. The average molecular weight is 544 g/mol. The summed E-state index contributed by atoms with van der Waals surface area (Å²) in [7, 11) is 2.93. The maximum atomic E-state index is 14.1. The zero-order valence-corrected chi connectivity index (χ0v) is 21.9. The number of likely N-dealkylation sites (N-methyl/N-ethyl adjacent to an activating group) is 1. The molecule has 8 N–H and O–H groups in total. The van der Waals surface area contributed by atoms with Crippen LogP contribution in [0.2, 0.25) is 0 Å². The van der Waals surface area contributed by atoms with Gasteiger partial charge in [-0.05, 0) is 51.0 Å². The van der Waals surface area contributed by atoms with Gasteiger partial charge in [0.15, 0.2) is 11.4 Å². The fraction of sp³-hybridized carbons (Fsp3) is 0.481. The number of ketones is 2. The zero-order valence-electron chi connectivity index (χ0n) is 21.9. The number of fused-ring (bicyclic) bond motifs is 3. The highest BCUT2D eigenvalue weighted by Gasteiger charge is 2.69. The number of carbonyl (C=O) groups is 4. The molecule has 0 radical (unpaired) electrons. The van der Waals surface area contributed by atoms with Crippen LogP contribution in [-0.4, -0.2) is 87.2 Å². The Kier molecular flexibility index (Phi) is 7.32. The Morgan fingerprint density at radius 1 is 1.13 bits per heavy atom. The minimum atomic E-state index is -2.96. The number of hydrogen-bond acceptors (Lipinski definition) is 11. The van der Waals surface area contributed by atoms with Crippen molar-refractivity contribution < 1.29 is 44.3 Å². The fourth-order valence-corrected chi connectivity index (χ4v) is 6.31. The summed E-state index contributed by atoms with van der Waals surface area (Å²) in [5.41, 5.74) is 6.98. The molecule has 6 atom stereocenters. The quantitative estimate of drug-likeness (QED) is 0.155. The van der Waals surface area contributed by atoms with Crippen LogP contribution < -0.4 is 11.5 Å². The molecule has 6 unspecified atom stereocenters. The van der Waals surface area contributed by atoms with Gasteiger partial charge in [-0.3, -0.25) is 24.1 Å². The van der Waals surface area contributed by atoms with Crippen molar-refractivity contribution in [1.82, 2.24) is 4.90 Å². The second-order valence-electron chi connectivity index (χ2n) is 10.5. The molecule has 4 rings (SSSR count). The van der Waals surface area contributed by atoms with Crippen LogP contribution in [0, 0.1) is 11.8 Å². The van der Waals surface area contributed by atoms with E-state index in [2.05, 4.69) is 0 Å². The van der Waals surface area contributed by atoms with Crippen molar-refractivity contribution in [2.24, 2.45) is 23.3 Å². The van der Waals surface area contributed by atoms with E-state index in [1.165, 1.54) is 25.1 Å². The molecule has 39 heavy (non-hydrogen) atoms. The van der Waals surface area contributed by atoms with Crippen molar-refractivity contribution in [1.29, 1.82) is 0 Å². The van der Waals surface area contributed by atoms with Gasteiger partial charge in [0.2, 0.25) is 5.78 Å². The lowest BCUT2D eigenvalue weighted by Crippen LogP contribution is -2.71. The van der Waals surface area contributed by atoms with E-state index in [1.54, 1.807) is 19.1 Å². The SMILES string of the molecule is CC1c2cccc(O)c2C(O)=C2C(=O)C3(O)C(O)=C(C(N)=O)C(=O)C(N(C)C)C3C(OC(=O)CCCCN)C21. The summed E-state index contributed by atoms with van der Waals surface area (Å²) in [6.07, 6.45) is -0.540. The third-order valence-electron chi connectivity index (χ3n) is 8.07. The highest BCUT2D eigenvalue weighted by molar-refractivity contribution is 6.24. The van der Waals surface area contributed by atoms with E-state index in [0.717, 1.165) is 0 Å². The fourth-order valence-electron chi connectivity index (χ4n) is 6.31. The van der Waals surface area contributed by atoms with Gasteiger partial charge in [-0.1, -0.05) is 19.1 Å². The Labute approximate surface area is 224 Å². The molecule has 1 aromatic rings. The lowest BCUT2D eigenvalue weighted by Gasteiger charge is -2.54. The Morgan fingerprint density at radius 2 is 1.79 bits per heavy atom. The number of aliphatic hydroxyl groups is 3. The Morgan fingerprint density at radius 3 is 2.38 bits per heavy atom. The lowest BCUT2D eigenvalue weighted by molar-refractivity contribution is -0.185. The monoisotopic (exact) mass is 543 g/mol. The largest absolute Gasteiger partial charge is 0.508 e. The predicted molar refractivity (Wildman–Crippen MR) is 137 cm³/mol. The third-order valence-corrected chi connectivity index (χ3v) is 8.07. The van der Waals surface area contributed by atoms with E-state index in [-0.39, 0.29) is 17.7 Å². The molecule has 3 aliphatic rings. The molecule has 0 bridgehead atoms. The van der Waals surface area contributed by atoms with Crippen LogP contribution in [0.3, 0.4) is 0 Å². The number of benzene rings is 1. The number of hydrogen-bond donors (Lipinski definition) is 6. The molecule has 210 valence electrons. The number of phenolic OH excluding ortho intramolecular Hbond substituents is 1. The van der Waals surface area contributed by atoms with Gasteiger partial charge >= 0.3 is 5.97 Å². The molecule has 0 aromatic heterocycles. The van der Waals surface area contributed by atoms with Crippen LogP contribution in [0.5, 0.6) is 5.75 Å². The van der Waals surface area contributed by atoms with Crippen LogP contribution in [-0.2, 0) is 23.9 Å². The van der Waals surface area contributed by atoms with E-state index in [0.29, 0.717) is 24.9 Å². The predicted octanol–water partition coefficient (Wildman–Crippen LogP) is 0.176. The smallest absolute Gasteiger partial charge is 0.306 e. The molecule has 1 fully saturated rings. The molecular formula is C27H33N3O9. The van der Waals surface area contributed by atoms with Crippen LogP contribution >= 0.6 is 0 Å². The summed E-state index contributed by atoms with van der Waals surface area (Å²) in [5, 5.41) is 44.9. The first-order chi connectivity index (χ1) is 18.3. The first-order valence-corrected chi connectivity index (χ1v) is 12.7. The number of aromatic hydroxyl groups is 1. The van der Waals surface area contributed by atoms with Gasteiger partial charge in [0.1, 0.15) is 28.9 Å². The number of ether oxygens (including phenoxy) is 1. The molecule has 12 heteroatoms. The van der Waals surface area contributed by atoms with Crippen molar-refractivity contribution >= 4 is 29.2 Å². The van der Waals surface area contributed by atoms with Gasteiger partial charge in [0, 0.05) is 17.9 Å². The number of carbonyl (C=O) groups excluding carboxylic acids is 4. The number of rotatable bonds is 7. The molecule has 1 aromatic carbocycles. The van der Waals surface area contributed by atoms with Crippen molar-refractivity contribution in [3.8, 4) is 5.75 Å².